The number of fused-ring (bicyclic) bond motifs is 1. The topological polar surface area (TPSA) is 62.3 Å². The Hall–Kier alpha value is -2.52. The maximum Gasteiger partial charge on any atom is 0.255 e. The zero-order chi connectivity index (χ0) is 19.0. The number of thiazole rings is 1. The molecule has 0 spiro atoms. The highest BCUT2D eigenvalue weighted by molar-refractivity contribution is 7.99. The van der Waals surface area contributed by atoms with Crippen LogP contribution in [0.5, 0.6) is 0 Å². The van der Waals surface area contributed by atoms with Crippen molar-refractivity contribution < 1.29 is 18.4 Å². The van der Waals surface area contributed by atoms with Crippen molar-refractivity contribution in [3.05, 3.63) is 59.7 Å². The summed E-state index contributed by atoms with van der Waals surface area (Å²) in [7, 11) is 0. The van der Waals surface area contributed by atoms with Gasteiger partial charge in [-0.25, -0.2) is 13.8 Å². The summed E-state index contributed by atoms with van der Waals surface area (Å²) in [5.41, 5.74) is 0.788. The molecule has 2 amide bonds. The number of anilines is 1. The first kappa shape index (κ1) is 17.9. The van der Waals surface area contributed by atoms with Gasteiger partial charge in [0.1, 0.15) is 6.04 Å². The number of nitrogens with zero attached hydrogens (tertiary/aromatic N) is 2. The van der Waals surface area contributed by atoms with E-state index in [-0.39, 0.29) is 22.5 Å². The Morgan fingerprint density at radius 1 is 1.15 bits per heavy atom. The molecule has 0 saturated carbocycles. The number of thioether (sulfide) groups is 1. The number of benzene rings is 2. The first-order valence-corrected chi connectivity index (χ1v) is 10.0. The van der Waals surface area contributed by atoms with Crippen molar-refractivity contribution in [2.45, 2.75) is 6.04 Å². The third-order valence-corrected chi connectivity index (χ3v) is 6.07. The third-order valence-electron chi connectivity index (χ3n) is 4.13. The van der Waals surface area contributed by atoms with Crippen molar-refractivity contribution in [3.8, 4) is 0 Å². The Labute approximate surface area is 161 Å². The molecule has 4 rings (SSSR count). The highest BCUT2D eigenvalue weighted by atomic mass is 32.2. The molecule has 2 aromatic carbocycles. The second-order valence-electron chi connectivity index (χ2n) is 5.90. The maximum absolute atomic E-state index is 13.3. The summed E-state index contributed by atoms with van der Waals surface area (Å²) in [6, 6.07) is 10.2. The van der Waals surface area contributed by atoms with Crippen LogP contribution in [-0.4, -0.2) is 39.4 Å². The number of aromatic nitrogens is 1. The molecular formula is C18H13F2N3O2S2. The Morgan fingerprint density at radius 2 is 1.89 bits per heavy atom. The van der Waals surface area contributed by atoms with E-state index in [1.54, 1.807) is 24.3 Å². The van der Waals surface area contributed by atoms with Crippen molar-refractivity contribution in [1.29, 1.82) is 0 Å². The van der Waals surface area contributed by atoms with Gasteiger partial charge in [0, 0.05) is 17.4 Å². The van der Waals surface area contributed by atoms with E-state index < -0.39 is 17.7 Å². The molecular weight excluding hydrogens is 392 g/mol. The molecule has 27 heavy (non-hydrogen) atoms. The van der Waals surface area contributed by atoms with E-state index in [2.05, 4.69) is 10.3 Å². The third kappa shape index (κ3) is 3.52. The lowest BCUT2D eigenvalue weighted by atomic mass is 10.1. The fourth-order valence-electron chi connectivity index (χ4n) is 2.77. The zero-order valence-electron chi connectivity index (χ0n) is 13.8. The van der Waals surface area contributed by atoms with Gasteiger partial charge in [-0.3, -0.25) is 9.59 Å². The monoisotopic (exact) mass is 405 g/mol. The van der Waals surface area contributed by atoms with Gasteiger partial charge in [-0.15, -0.1) is 11.8 Å². The van der Waals surface area contributed by atoms with Gasteiger partial charge in [0.15, 0.2) is 16.8 Å². The van der Waals surface area contributed by atoms with Crippen molar-refractivity contribution in [1.82, 2.24) is 9.88 Å². The fraction of sp³-hybridized carbons (Fsp3) is 0.167. The minimum Gasteiger partial charge on any atom is -0.316 e. The molecule has 1 aromatic heterocycles. The van der Waals surface area contributed by atoms with Crippen molar-refractivity contribution in [2.75, 3.05) is 16.9 Å². The van der Waals surface area contributed by atoms with E-state index in [0.29, 0.717) is 21.9 Å². The predicted molar refractivity (Wildman–Crippen MR) is 102 cm³/mol. The Morgan fingerprint density at radius 3 is 2.67 bits per heavy atom. The van der Waals surface area contributed by atoms with E-state index in [0.717, 1.165) is 23.5 Å². The van der Waals surface area contributed by atoms with E-state index in [1.165, 1.54) is 16.7 Å². The fourth-order valence-corrected chi connectivity index (χ4v) is 4.80. The van der Waals surface area contributed by atoms with Gasteiger partial charge in [0.05, 0.1) is 16.1 Å². The van der Waals surface area contributed by atoms with E-state index in [1.807, 2.05) is 6.07 Å². The van der Waals surface area contributed by atoms with Gasteiger partial charge in [0.2, 0.25) is 5.91 Å². The molecule has 1 aliphatic heterocycles. The number of hydrogen-bond donors (Lipinski definition) is 1. The molecule has 0 bridgehead atoms. The number of carbonyl (C=O) groups is 2. The summed E-state index contributed by atoms with van der Waals surface area (Å²) in [5, 5.41) is 2.90. The van der Waals surface area contributed by atoms with Gasteiger partial charge in [-0.2, -0.15) is 0 Å². The number of rotatable bonds is 3. The van der Waals surface area contributed by atoms with Gasteiger partial charge in [-0.05, 0) is 18.2 Å². The molecule has 1 saturated heterocycles. The molecule has 1 aliphatic rings. The van der Waals surface area contributed by atoms with Crippen LogP contribution in [0.1, 0.15) is 10.4 Å². The quantitative estimate of drug-likeness (QED) is 0.721. The number of halogens is 2. The standard InChI is InChI=1S/C18H13F2N3O2S2/c19-11-6-13-15(7-12(11)20)27-18(21-13)22-16(24)14-8-26-9-23(14)17(25)10-4-2-1-3-5-10/h1-7,14H,8-9H2,(H,21,22,24)/t14-/m0/s1. The van der Waals surface area contributed by atoms with Crippen molar-refractivity contribution in [3.63, 3.8) is 0 Å². The van der Waals surface area contributed by atoms with Gasteiger partial charge >= 0.3 is 0 Å². The molecule has 138 valence electrons. The lowest BCUT2D eigenvalue weighted by molar-refractivity contribution is -0.119. The number of amides is 2. The summed E-state index contributed by atoms with van der Waals surface area (Å²) in [6.07, 6.45) is 0. The Bertz CT molecular complexity index is 987. The molecule has 1 N–H and O–H groups in total. The Balaban J connectivity index is 1.53. The van der Waals surface area contributed by atoms with Crippen LogP contribution in [0.15, 0.2) is 42.5 Å². The highest BCUT2D eigenvalue weighted by Gasteiger charge is 2.35. The summed E-state index contributed by atoms with van der Waals surface area (Å²) >= 11 is 2.54. The summed E-state index contributed by atoms with van der Waals surface area (Å²) < 4.78 is 27.1. The van der Waals surface area contributed by atoms with Crippen molar-refractivity contribution >= 4 is 50.3 Å². The normalized spacial score (nSPS) is 16.7. The van der Waals surface area contributed by atoms with Gasteiger partial charge in [-0.1, -0.05) is 29.5 Å². The lowest BCUT2D eigenvalue weighted by Crippen LogP contribution is -2.44. The molecule has 5 nitrogen and oxygen atoms in total. The largest absolute Gasteiger partial charge is 0.316 e. The van der Waals surface area contributed by atoms with Crippen LogP contribution in [0.25, 0.3) is 10.2 Å². The van der Waals surface area contributed by atoms with Crippen LogP contribution >= 0.6 is 23.1 Å². The average Bonchev–Trinajstić information content (AvgIpc) is 3.29. The Kier molecular flexibility index (Phi) is 4.79. The highest BCUT2D eigenvalue weighted by Crippen LogP contribution is 2.29. The summed E-state index contributed by atoms with van der Waals surface area (Å²) in [6.45, 7) is 0. The van der Waals surface area contributed by atoms with Gasteiger partial charge in [0.25, 0.3) is 5.91 Å². The van der Waals surface area contributed by atoms with Crippen LogP contribution in [0, 0.1) is 11.6 Å². The summed E-state index contributed by atoms with van der Waals surface area (Å²) in [4.78, 5) is 31.0. The smallest absolute Gasteiger partial charge is 0.255 e. The van der Waals surface area contributed by atoms with E-state index in [4.69, 9.17) is 0 Å². The molecule has 3 aromatic rings. The molecule has 0 radical (unpaired) electrons. The van der Waals surface area contributed by atoms with Crippen molar-refractivity contribution in [2.24, 2.45) is 0 Å². The molecule has 1 fully saturated rings. The van der Waals surface area contributed by atoms with Crippen LogP contribution in [0.3, 0.4) is 0 Å². The molecule has 2 heterocycles. The number of hydrogen-bond acceptors (Lipinski definition) is 5. The minimum atomic E-state index is -0.988. The SMILES string of the molecule is O=C(Nc1nc2cc(F)c(F)cc2s1)[C@@H]1CSCN1C(=O)c1ccccc1. The predicted octanol–water partition coefficient (Wildman–Crippen LogP) is 3.73. The van der Waals surface area contributed by atoms with Crippen LogP contribution in [-0.2, 0) is 4.79 Å². The first-order chi connectivity index (χ1) is 13.0. The zero-order valence-corrected chi connectivity index (χ0v) is 15.4. The molecule has 0 unspecified atom stereocenters. The van der Waals surface area contributed by atoms with E-state index >= 15 is 0 Å². The second kappa shape index (κ2) is 7.24. The molecule has 9 heteroatoms. The number of nitrogens with one attached hydrogen (secondary N) is 1. The first-order valence-electron chi connectivity index (χ1n) is 8.03. The molecule has 0 aliphatic carbocycles. The summed E-state index contributed by atoms with van der Waals surface area (Å²) in [5.74, 6) is -1.65. The van der Waals surface area contributed by atoms with Crippen LogP contribution < -0.4 is 5.32 Å². The molecule has 1 atom stereocenters. The van der Waals surface area contributed by atoms with Crippen LogP contribution in [0.4, 0.5) is 13.9 Å². The average molecular weight is 405 g/mol. The number of carbonyl (C=O) groups excluding carboxylic acids is 2. The van der Waals surface area contributed by atoms with Gasteiger partial charge < -0.3 is 10.2 Å². The maximum atomic E-state index is 13.3. The van der Waals surface area contributed by atoms with Crippen LogP contribution in [0.2, 0.25) is 0 Å². The van der Waals surface area contributed by atoms with E-state index in [9.17, 15) is 18.4 Å². The lowest BCUT2D eigenvalue weighted by Gasteiger charge is -2.22. The second-order valence-corrected chi connectivity index (χ2v) is 7.93. The minimum absolute atomic E-state index is 0.214.